The average Bonchev–Trinajstić information content (AvgIpc) is 2.93. The second-order valence-electron chi connectivity index (χ2n) is 5.36. The maximum absolute atomic E-state index is 3.80. The molecular weight excluding hydrogens is 306 g/mol. The lowest BCUT2D eigenvalue weighted by Gasteiger charge is -2.23. The Morgan fingerprint density at radius 1 is 1.11 bits per heavy atom. The van der Waals surface area contributed by atoms with Crippen LogP contribution < -0.4 is 5.32 Å². The summed E-state index contributed by atoms with van der Waals surface area (Å²) in [5, 5.41) is 3.45. The molecule has 2 heterocycles. The van der Waals surface area contributed by atoms with Crippen molar-refractivity contribution in [2.75, 3.05) is 24.6 Å². The van der Waals surface area contributed by atoms with Crippen LogP contribution in [0.3, 0.4) is 0 Å². The number of hydrogen-bond donors (Lipinski definition) is 1. The lowest BCUT2D eigenvalue weighted by Crippen LogP contribution is -2.10. The Balaban J connectivity index is 1.79. The van der Waals surface area contributed by atoms with Crippen LogP contribution in [0.4, 0.5) is 0 Å². The molecule has 2 aliphatic heterocycles. The Bertz CT molecular complexity index is 409. The average molecular weight is 326 g/mol. The highest BCUT2D eigenvalue weighted by Crippen LogP contribution is 2.37. The summed E-state index contributed by atoms with van der Waals surface area (Å²) in [7, 11) is 0. The third-order valence-electron chi connectivity index (χ3n) is 4.22. The molecule has 0 aromatic heterocycles. The maximum atomic E-state index is 3.80. The SMILES string of the molecule is Brc1cc(C2CCNC2)ccc1C1CCSCC1. The molecule has 0 bridgehead atoms. The summed E-state index contributed by atoms with van der Waals surface area (Å²) in [6.07, 6.45) is 3.97. The first-order valence-corrected chi connectivity index (χ1v) is 8.87. The number of nitrogens with one attached hydrogen (secondary N) is 1. The lowest BCUT2D eigenvalue weighted by atomic mass is 9.90. The monoisotopic (exact) mass is 325 g/mol. The minimum Gasteiger partial charge on any atom is -0.316 e. The molecule has 98 valence electrons. The predicted molar refractivity (Wildman–Crippen MR) is 83.7 cm³/mol. The standard InChI is InChI=1S/C15H20BrNS/c16-15-9-12(13-3-6-17-10-13)1-2-14(15)11-4-7-18-8-5-11/h1-2,9,11,13,17H,3-8,10H2. The second kappa shape index (κ2) is 5.98. The van der Waals surface area contributed by atoms with Gasteiger partial charge in [-0.1, -0.05) is 28.1 Å². The summed E-state index contributed by atoms with van der Waals surface area (Å²) in [5.41, 5.74) is 3.03. The summed E-state index contributed by atoms with van der Waals surface area (Å²) in [6.45, 7) is 2.32. The minimum absolute atomic E-state index is 0.720. The first kappa shape index (κ1) is 13.0. The van der Waals surface area contributed by atoms with Crippen LogP contribution in [0.5, 0.6) is 0 Å². The van der Waals surface area contributed by atoms with Crippen molar-refractivity contribution in [1.29, 1.82) is 0 Å². The molecule has 1 nitrogen and oxygen atoms in total. The molecule has 1 aromatic rings. The van der Waals surface area contributed by atoms with Gasteiger partial charge in [-0.3, -0.25) is 0 Å². The third-order valence-corrected chi connectivity index (χ3v) is 5.95. The van der Waals surface area contributed by atoms with E-state index in [1.165, 1.54) is 52.9 Å². The van der Waals surface area contributed by atoms with E-state index in [9.17, 15) is 0 Å². The molecule has 0 radical (unpaired) electrons. The van der Waals surface area contributed by atoms with Gasteiger partial charge >= 0.3 is 0 Å². The molecule has 2 saturated heterocycles. The van der Waals surface area contributed by atoms with Crippen molar-refractivity contribution in [3.63, 3.8) is 0 Å². The normalized spacial score (nSPS) is 25.5. The van der Waals surface area contributed by atoms with Gasteiger partial charge in [-0.05, 0) is 66.3 Å². The molecule has 1 aromatic carbocycles. The topological polar surface area (TPSA) is 12.0 Å². The van der Waals surface area contributed by atoms with E-state index >= 15 is 0 Å². The molecule has 1 atom stereocenters. The highest BCUT2D eigenvalue weighted by Gasteiger charge is 2.21. The zero-order chi connectivity index (χ0) is 12.4. The Morgan fingerprint density at radius 2 is 1.94 bits per heavy atom. The maximum Gasteiger partial charge on any atom is 0.0212 e. The van der Waals surface area contributed by atoms with Gasteiger partial charge in [0.2, 0.25) is 0 Å². The van der Waals surface area contributed by atoms with Crippen LogP contribution in [0, 0.1) is 0 Å². The number of rotatable bonds is 2. The van der Waals surface area contributed by atoms with Gasteiger partial charge in [0.1, 0.15) is 0 Å². The van der Waals surface area contributed by atoms with Gasteiger partial charge in [-0.15, -0.1) is 0 Å². The molecule has 1 unspecified atom stereocenters. The third kappa shape index (κ3) is 2.78. The Labute approximate surface area is 122 Å². The van der Waals surface area contributed by atoms with Gasteiger partial charge in [0, 0.05) is 11.0 Å². The second-order valence-corrected chi connectivity index (χ2v) is 7.44. The Kier molecular flexibility index (Phi) is 4.32. The Morgan fingerprint density at radius 3 is 2.61 bits per heavy atom. The first-order valence-electron chi connectivity index (χ1n) is 6.92. The molecule has 2 aliphatic rings. The van der Waals surface area contributed by atoms with Crippen LogP contribution in [0.15, 0.2) is 22.7 Å². The van der Waals surface area contributed by atoms with E-state index in [-0.39, 0.29) is 0 Å². The fourth-order valence-electron chi connectivity index (χ4n) is 3.08. The number of hydrogen-bond acceptors (Lipinski definition) is 2. The van der Waals surface area contributed by atoms with Gasteiger partial charge in [0.05, 0.1) is 0 Å². The fraction of sp³-hybridized carbons (Fsp3) is 0.600. The molecule has 0 spiro atoms. The first-order chi connectivity index (χ1) is 8.84. The summed E-state index contributed by atoms with van der Waals surface area (Å²) in [5.74, 6) is 4.14. The van der Waals surface area contributed by atoms with Crippen molar-refractivity contribution < 1.29 is 0 Å². The van der Waals surface area contributed by atoms with Gasteiger partial charge in [-0.2, -0.15) is 11.8 Å². The van der Waals surface area contributed by atoms with Crippen molar-refractivity contribution >= 4 is 27.7 Å². The summed E-state index contributed by atoms with van der Waals surface area (Å²) >= 11 is 5.90. The number of thioether (sulfide) groups is 1. The van der Waals surface area contributed by atoms with Crippen molar-refractivity contribution in [3.05, 3.63) is 33.8 Å². The summed E-state index contributed by atoms with van der Waals surface area (Å²) in [4.78, 5) is 0. The molecule has 18 heavy (non-hydrogen) atoms. The lowest BCUT2D eigenvalue weighted by molar-refractivity contribution is 0.633. The quantitative estimate of drug-likeness (QED) is 0.877. The van der Waals surface area contributed by atoms with Crippen LogP contribution in [-0.2, 0) is 0 Å². The van der Waals surface area contributed by atoms with Crippen LogP contribution >= 0.6 is 27.7 Å². The van der Waals surface area contributed by atoms with E-state index < -0.39 is 0 Å². The van der Waals surface area contributed by atoms with Gasteiger partial charge in [0.15, 0.2) is 0 Å². The molecule has 1 N–H and O–H groups in total. The van der Waals surface area contributed by atoms with Gasteiger partial charge in [0.25, 0.3) is 0 Å². The molecule has 3 heteroatoms. The number of benzene rings is 1. The van der Waals surface area contributed by atoms with Gasteiger partial charge < -0.3 is 5.32 Å². The zero-order valence-corrected chi connectivity index (χ0v) is 13.0. The smallest absolute Gasteiger partial charge is 0.0212 e. The van der Waals surface area contributed by atoms with Crippen LogP contribution in [0.2, 0.25) is 0 Å². The molecule has 3 rings (SSSR count). The molecule has 0 aliphatic carbocycles. The minimum atomic E-state index is 0.720. The summed E-state index contributed by atoms with van der Waals surface area (Å²) < 4.78 is 1.34. The molecular formula is C15H20BrNS. The predicted octanol–water partition coefficient (Wildman–Crippen LogP) is 4.14. The highest BCUT2D eigenvalue weighted by molar-refractivity contribution is 9.10. The van der Waals surface area contributed by atoms with E-state index in [2.05, 4.69) is 51.2 Å². The van der Waals surface area contributed by atoms with E-state index in [0.717, 1.165) is 18.4 Å². The van der Waals surface area contributed by atoms with Crippen molar-refractivity contribution in [3.8, 4) is 0 Å². The van der Waals surface area contributed by atoms with Crippen molar-refractivity contribution in [2.45, 2.75) is 31.1 Å². The van der Waals surface area contributed by atoms with E-state index in [4.69, 9.17) is 0 Å². The fourth-order valence-corrected chi connectivity index (χ4v) is 4.90. The summed E-state index contributed by atoms with van der Waals surface area (Å²) in [6, 6.07) is 7.10. The largest absolute Gasteiger partial charge is 0.316 e. The molecule has 2 fully saturated rings. The van der Waals surface area contributed by atoms with Crippen LogP contribution in [0.25, 0.3) is 0 Å². The highest BCUT2D eigenvalue weighted by atomic mass is 79.9. The van der Waals surface area contributed by atoms with Crippen LogP contribution in [-0.4, -0.2) is 24.6 Å². The molecule has 0 amide bonds. The van der Waals surface area contributed by atoms with E-state index in [1.807, 2.05) is 0 Å². The Hall–Kier alpha value is 0.01000. The van der Waals surface area contributed by atoms with Crippen molar-refractivity contribution in [2.24, 2.45) is 0 Å². The van der Waals surface area contributed by atoms with Crippen molar-refractivity contribution in [1.82, 2.24) is 5.32 Å². The number of halogens is 1. The molecule has 0 saturated carbocycles. The van der Waals surface area contributed by atoms with Gasteiger partial charge in [-0.25, -0.2) is 0 Å². The van der Waals surface area contributed by atoms with Crippen LogP contribution in [0.1, 0.15) is 42.2 Å². The van der Waals surface area contributed by atoms with E-state index in [0.29, 0.717) is 0 Å². The van der Waals surface area contributed by atoms with E-state index in [1.54, 1.807) is 0 Å². The zero-order valence-electron chi connectivity index (χ0n) is 10.6.